The second kappa shape index (κ2) is 6.47. The van der Waals surface area contributed by atoms with Crippen LogP contribution >= 0.6 is 0 Å². The minimum Gasteiger partial charge on any atom is -0.481 e. The molecule has 25 heavy (non-hydrogen) atoms. The summed E-state index contributed by atoms with van der Waals surface area (Å²) in [5, 5.41) is 10.2. The fourth-order valence-electron chi connectivity index (χ4n) is 3.26. The number of carboxylic acid groups (broad SMARTS) is 1. The van der Waals surface area contributed by atoms with Crippen molar-refractivity contribution in [2.45, 2.75) is 12.8 Å². The predicted molar refractivity (Wildman–Crippen MR) is 95.3 cm³/mol. The van der Waals surface area contributed by atoms with E-state index >= 15 is 0 Å². The monoisotopic (exact) mass is 334 g/mol. The molecule has 6 heteroatoms. The highest BCUT2D eigenvalue weighted by molar-refractivity contribution is 5.91. The number of hydrogen-bond acceptors (Lipinski definition) is 5. The van der Waals surface area contributed by atoms with Gasteiger partial charge in [0.05, 0.1) is 11.4 Å². The summed E-state index contributed by atoms with van der Waals surface area (Å²) in [6.07, 6.45) is 4.75. The number of piperidine rings is 1. The average Bonchev–Trinajstić information content (AvgIpc) is 2.68. The van der Waals surface area contributed by atoms with Gasteiger partial charge in [0.1, 0.15) is 5.82 Å². The molecule has 2 aromatic heterocycles. The fraction of sp³-hybridized carbons (Fsp3) is 0.263. The molecule has 0 bridgehead atoms. The van der Waals surface area contributed by atoms with E-state index < -0.39 is 5.97 Å². The van der Waals surface area contributed by atoms with Gasteiger partial charge in [-0.2, -0.15) is 0 Å². The number of hydrogen-bond donors (Lipinski definition) is 1. The van der Waals surface area contributed by atoms with E-state index in [9.17, 15) is 9.90 Å². The Morgan fingerprint density at radius 3 is 2.60 bits per heavy atom. The third kappa shape index (κ3) is 3.03. The van der Waals surface area contributed by atoms with E-state index in [-0.39, 0.29) is 5.92 Å². The van der Waals surface area contributed by atoms with Crippen LogP contribution in [0.25, 0.3) is 22.3 Å². The average molecular weight is 334 g/mol. The van der Waals surface area contributed by atoms with Crippen LogP contribution in [0.5, 0.6) is 0 Å². The third-order valence-electron chi connectivity index (χ3n) is 4.65. The summed E-state index contributed by atoms with van der Waals surface area (Å²) in [4.78, 5) is 27.0. The summed E-state index contributed by atoms with van der Waals surface area (Å²) in [6.45, 7) is 1.37. The summed E-state index contributed by atoms with van der Waals surface area (Å²) in [5.74, 6) is 0.542. The van der Waals surface area contributed by atoms with Gasteiger partial charge < -0.3 is 10.0 Å². The second-order valence-electron chi connectivity index (χ2n) is 6.23. The number of nitrogens with zero attached hydrogens (tertiary/aromatic N) is 4. The van der Waals surface area contributed by atoms with Gasteiger partial charge in [-0.15, -0.1) is 0 Å². The maximum absolute atomic E-state index is 11.2. The molecule has 1 aromatic carbocycles. The normalized spacial score (nSPS) is 15.4. The molecular formula is C19H18N4O2. The van der Waals surface area contributed by atoms with Crippen molar-refractivity contribution in [3.8, 4) is 11.4 Å². The highest BCUT2D eigenvalue weighted by atomic mass is 16.4. The Kier molecular flexibility index (Phi) is 4.01. The fourth-order valence-corrected chi connectivity index (χ4v) is 3.26. The van der Waals surface area contributed by atoms with Gasteiger partial charge in [-0.1, -0.05) is 12.1 Å². The summed E-state index contributed by atoms with van der Waals surface area (Å²) in [7, 11) is 0. The Morgan fingerprint density at radius 2 is 1.88 bits per heavy atom. The van der Waals surface area contributed by atoms with Gasteiger partial charge in [-0.05, 0) is 37.1 Å². The molecule has 4 rings (SSSR count). The standard InChI is InChI=1S/C19H18N4O2/c24-19(25)13-7-10-23(11-8-13)18-15-5-1-2-6-16(15)21-17(22-18)14-4-3-9-20-12-14/h1-6,9,12-13H,7-8,10-11H2,(H,24,25). The molecule has 1 saturated heterocycles. The van der Waals surface area contributed by atoms with Crippen molar-refractivity contribution in [3.05, 3.63) is 48.8 Å². The molecule has 0 spiro atoms. The zero-order valence-electron chi connectivity index (χ0n) is 13.7. The van der Waals surface area contributed by atoms with Gasteiger partial charge in [0, 0.05) is 36.4 Å². The first-order valence-electron chi connectivity index (χ1n) is 8.37. The maximum atomic E-state index is 11.2. The van der Waals surface area contributed by atoms with Crippen molar-refractivity contribution >= 4 is 22.7 Å². The second-order valence-corrected chi connectivity index (χ2v) is 6.23. The maximum Gasteiger partial charge on any atom is 0.306 e. The SMILES string of the molecule is O=C(O)C1CCN(c2nc(-c3cccnc3)nc3ccccc23)CC1. The lowest BCUT2D eigenvalue weighted by atomic mass is 9.97. The molecule has 3 aromatic rings. The van der Waals surface area contributed by atoms with Gasteiger partial charge in [0.25, 0.3) is 0 Å². The number of carbonyl (C=O) groups is 1. The van der Waals surface area contributed by atoms with Crippen LogP contribution in [0.2, 0.25) is 0 Å². The van der Waals surface area contributed by atoms with Crippen LogP contribution in [0.4, 0.5) is 5.82 Å². The van der Waals surface area contributed by atoms with Crippen molar-refractivity contribution in [2.75, 3.05) is 18.0 Å². The van der Waals surface area contributed by atoms with Crippen LogP contribution in [0.3, 0.4) is 0 Å². The van der Waals surface area contributed by atoms with Crippen molar-refractivity contribution in [3.63, 3.8) is 0 Å². The van der Waals surface area contributed by atoms with E-state index in [2.05, 4.69) is 14.9 Å². The van der Waals surface area contributed by atoms with Crippen LogP contribution in [0, 0.1) is 5.92 Å². The first-order chi connectivity index (χ1) is 12.2. The number of pyridine rings is 1. The number of para-hydroxylation sites is 1. The molecule has 0 aliphatic carbocycles. The van der Waals surface area contributed by atoms with Crippen LogP contribution in [-0.4, -0.2) is 39.1 Å². The number of fused-ring (bicyclic) bond motifs is 1. The van der Waals surface area contributed by atoms with Crippen molar-refractivity contribution in [2.24, 2.45) is 5.92 Å². The van der Waals surface area contributed by atoms with Gasteiger partial charge in [-0.3, -0.25) is 9.78 Å². The smallest absolute Gasteiger partial charge is 0.306 e. The summed E-state index contributed by atoms with van der Waals surface area (Å²) in [5.41, 5.74) is 1.75. The van der Waals surface area contributed by atoms with Crippen LogP contribution < -0.4 is 4.90 Å². The van der Waals surface area contributed by atoms with E-state index in [1.54, 1.807) is 12.4 Å². The first kappa shape index (κ1) is 15.5. The first-order valence-corrected chi connectivity index (χ1v) is 8.37. The number of carboxylic acids is 1. The quantitative estimate of drug-likeness (QED) is 0.793. The van der Waals surface area contributed by atoms with Crippen LogP contribution in [-0.2, 0) is 4.79 Å². The topological polar surface area (TPSA) is 79.2 Å². The van der Waals surface area contributed by atoms with E-state index in [1.165, 1.54) is 0 Å². The minimum atomic E-state index is -0.705. The van der Waals surface area contributed by atoms with Gasteiger partial charge in [0.2, 0.25) is 0 Å². The predicted octanol–water partition coefficient (Wildman–Crippen LogP) is 2.99. The molecule has 1 N–H and O–H groups in total. The van der Waals surface area contributed by atoms with Gasteiger partial charge >= 0.3 is 5.97 Å². The summed E-state index contributed by atoms with van der Waals surface area (Å²) in [6, 6.07) is 11.7. The van der Waals surface area contributed by atoms with E-state index in [4.69, 9.17) is 4.98 Å². The molecular weight excluding hydrogens is 316 g/mol. The van der Waals surface area contributed by atoms with Gasteiger partial charge in [-0.25, -0.2) is 9.97 Å². The molecule has 1 aliphatic heterocycles. The molecule has 0 radical (unpaired) electrons. The van der Waals surface area contributed by atoms with Crippen molar-refractivity contribution < 1.29 is 9.90 Å². The highest BCUT2D eigenvalue weighted by Gasteiger charge is 2.26. The molecule has 1 aliphatic rings. The molecule has 0 amide bonds. The zero-order valence-corrected chi connectivity index (χ0v) is 13.7. The molecule has 1 fully saturated rings. The lowest BCUT2D eigenvalue weighted by Gasteiger charge is -2.31. The summed E-state index contributed by atoms with van der Waals surface area (Å²) < 4.78 is 0. The number of anilines is 1. The Bertz CT molecular complexity index is 906. The van der Waals surface area contributed by atoms with Crippen LogP contribution in [0.1, 0.15) is 12.8 Å². The molecule has 3 heterocycles. The number of aromatic nitrogens is 3. The lowest BCUT2D eigenvalue weighted by molar-refractivity contribution is -0.142. The van der Waals surface area contributed by atoms with Gasteiger partial charge in [0.15, 0.2) is 5.82 Å². The molecule has 126 valence electrons. The minimum absolute atomic E-state index is 0.262. The molecule has 0 unspecified atom stereocenters. The van der Waals surface area contributed by atoms with Crippen molar-refractivity contribution in [1.29, 1.82) is 0 Å². The van der Waals surface area contributed by atoms with Crippen molar-refractivity contribution in [1.82, 2.24) is 15.0 Å². The Morgan fingerprint density at radius 1 is 1.08 bits per heavy atom. The number of benzene rings is 1. The molecule has 6 nitrogen and oxygen atoms in total. The largest absolute Gasteiger partial charge is 0.481 e. The highest BCUT2D eigenvalue weighted by Crippen LogP contribution is 2.30. The summed E-state index contributed by atoms with van der Waals surface area (Å²) >= 11 is 0. The Hall–Kier alpha value is -3.02. The van der Waals surface area contributed by atoms with E-state index in [1.807, 2.05) is 36.4 Å². The van der Waals surface area contributed by atoms with Crippen LogP contribution in [0.15, 0.2) is 48.8 Å². The lowest BCUT2D eigenvalue weighted by Crippen LogP contribution is -2.37. The van der Waals surface area contributed by atoms with E-state index in [0.29, 0.717) is 31.8 Å². The van der Waals surface area contributed by atoms with E-state index in [0.717, 1.165) is 22.3 Å². The Balaban J connectivity index is 1.76. The Labute approximate surface area is 145 Å². The molecule has 0 atom stereocenters. The number of aliphatic carboxylic acids is 1. The zero-order chi connectivity index (χ0) is 17.2. The third-order valence-corrected chi connectivity index (χ3v) is 4.65. The molecule has 0 saturated carbocycles. The number of rotatable bonds is 3.